The van der Waals surface area contributed by atoms with E-state index in [1.165, 1.54) is 4.90 Å². The van der Waals surface area contributed by atoms with Crippen molar-refractivity contribution in [1.82, 2.24) is 4.90 Å². The number of nitrogens with zero attached hydrogens (tertiary/aromatic N) is 1. The fourth-order valence-corrected chi connectivity index (χ4v) is 1.82. The molecule has 0 saturated heterocycles. The van der Waals surface area contributed by atoms with Crippen LogP contribution < -0.4 is 4.74 Å². The van der Waals surface area contributed by atoms with Gasteiger partial charge in [-0.2, -0.15) is 0 Å². The fourth-order valence-electron chi connectivity index (χ4n) is 1.82. The summed E-state index contributed by atoms with van der Waals surface area (Å²) in [6, 6.07) is 6.43. The lowest BCUT2D eigenvalue weighted by Gasteiger charge is -2.23. The highest BCUT2D eigenvalue weighted by molar-refractivity contribution is 5.88. The quantitative estimate of drug-likeness (QED) is 0.474. The number of amides is 1. The van der Waals surface area contributed by atoms with Crippen LogP contribution in [0.25, 0.3) is 0 Å². The first kappa shape index (κ1) is 18.4. The predicted molar refractivity (Wildman–Crippen MR) is 84.9 cm³/mol. The Kier molecular flexibility index (Phi) is 7.48. The zero-order chi connectivity index (χ0) is 17.2. The van der Waals surface area contributed by atoms with Gasteiger partial charge in [0.25, 0.3) is 0 Å². The summed E-state index contributed by atoms with van der Waals surface area (Å²) in [5.74, 6) is 5.20. The van der Waals surface area contributed by atoms with Crippen molar-refractivity contribution in [2.45, 2.75) is 19.9 Å². The van der Waals surface area contributed by atoms with Gasteiger partial charge in [0.05, 0.1) is 20.3 Å². The molecule has 0 N–H and O–H groups in total. The number of methoxy groups -OCH3 is 1. The van der Waals surface area contributed by atoms with Crippen molar-refractivity contribution in [2.75, 3.05) is 27.4 Å². The third-order valence-electron chi connectivity index (χ3n) is 2.96. The van der Waals surface area contributed by atoms with Crippen LogP contribution in [0, 0.1) is 11.8 Å². The summed E-state index contributed by atoms with van der Waals surface area (Å²) in [7, 11) is 3.13. The number of esters is 1. The summed E-state index contributed by atoms with van der Waals surface area (Å²) in [5, 5.41) is 0. The van der Waals surface area contributed by atoms with Crippen LogP contribution in [0.15, 0.2) is 24.3 Å². The van der Waals surface area contributed by atoms with Crippen molar-refractivity contribution in [1.29, 1.82) is 0 Å². The largest absolute Gasteiger partial charge is 0.497 e. The molecule has 0 spiro atoms. The summed E-state index contributed by atoms with van der Waals surface area (Å²) in [5.41, 5.74) is 0.734. The Hall–Kier alpha value is -2.68. The molecular weight excluding hydrogens is 298 g/mol. The highest BCUT2D eigenvalue weighted by Crippen LogP contribution is 2.22. The van der Waals surface area contributed by atoms with Gasteiger partial charge in [0, 0.05) is 13.0 Å². The van der Waals surface area contributed by atoms with Crippen molar-refractivity contribution in [2.24, 2.45) is 0 Å². The van der Waals surface area contributed by atoms with E-state index in [4.69, 9.17) is 14.2 Å². The Labute approximate surface area is 136 Å². The van der Waals surface area contributed by atoms with E-state index in [9.17, 15) is 9.59 Å². The Morgan fingerprint density at radius 2 is 1.74 bits per heavy atom. The van der Waals surface area contributed by atoms with E-state index in [1.54, 1.807) is 52.3 Å². The molecule has 0 aromatic heterocycles. The topological polar surface area (TPSA) is 65.1 Å². The van der Waals surface area contributed by atoms with Crippen LogP contribution in [-0.4, -0.2) is 44.3 Å². The first-order valence-electron chi connectivity index (χ1n) is 7.25. The standard InChI is InChI=1S/C17H21NO5/c1-5-22-16(19)12-11-15(18(3)17(20)23-6-2)13-7-9-14(21-4)10-8-13/h7-10,15H,5-6H2,1-4H3. The molecule has 23 heavy (non-hydrogen) atoms. The maximum absolute atomic E-state index is 11.9. The van der Waals surface area contributed by atoms with Crippen LogP contribution in [0.1, 0.15) is 25.5 Å². The molecule has 0 radical (unpaired) electrons. The minimum absolute atomic E-state index is 0.244. The number of carbonyl (C=O) groups excluding carboxylic acids is 2. The Bertz CT molecular complexity index is 585. The molecule has 1 aromatic rings. The molecule has 0 heterocycles. The van der Waals surface area contributed by atoms with Gasteiger partial charge in [-0.05, 0) is 31.5 Å². The van der Waals surface area contributed by atoms with Crippen molar-refractivity contribution in [3.8, 4) is 17.6 Å². The zero-order valence-corrected chi connectivity index (χ0v) is 13.8. The molecule has 1 atom stereocenters. The number of hydrogen-bond donors (Lipinski definition) is 0. The van der Waals surface area contributed by atoms with E-state index in [0.717, 1.165) is 5.56 Å². The van der Waals surface area contributed by atoms with Crippen molar-refractivity contribution < 1.29 is 23.8 Å². The van der Waals surface area contributed by atoms with Gasteiger partial charge in [-0.25, -0.2) is 9.59 Å². The molecule has 0 aliphatic carbocycles. The summed E-state index contributed by atoms with van der Waals surface area (Å²) < 4.78 is 14.9. The normalized spacial score (nSPS) is 10.8. The number of rotatable bonds is 5. The summed E-state index contributed by atoms with van der Waals surface area (Å²) in [6.07, 6.45) is -0.522. The van der Waals surface area contributed by atoms with Gasteiger partial charge in [-0.15, -0.1) is 0 Å². The second-order valence-electron chi connectivity index (χ2n) is 4.48. The van der Waals surface area contributed by atoms with Crippen LogP contribution in [0.2, 0.25) is 0 Å². The lowest BCUT2D eigenvalue weighted by molar-refractivity contribution is -0.136. The number of benzene rings is 1. The molecule has 1 rings (SSSR count). The van der Waals surface area contributed by atoms with Gasteiger partial charge in [0.15, 0.2) is 0 Å². The monoisotopic (exact) mass is 319 g/mol. The third kappa shape index (κ3) is 5.55. The average Bonchev–Trinajstić information content (AvgIpc) is 2.55. The second kappa shape index (κ2) is 9.36. The first-order valence-corrected chi connectivity index (χ1v) is 7.25. The SMILES string of the molecule is CCOC(=O)C#CC(c1ccc(OC)cc1)N(C)C(=O)OCC. The van der Waals surface area contributed by atoms with Gasteiger partial charge in [-0.3, -0.25) is 4.90 Å². The molecule has 0 saturated carbocycles. The van der Waals surface area contributed by atoms with E-state index >= 15 is 0 Å². The van der Waals surface area contributed by atoms with Gasteiger partial charge >= 0.3 is 12.1 Å². The molecule has 6 heteroatoms. The smallest absolute Gasteiger partial charge is 0.410 e. The Morgan fingerprint density at radius 1 is 1.13 bits per heavy atom. The molecule has 124 valence electrons. The van der Waals surface area contributed by atoms with E-state index in [-0.39, 0.29) is 13.2 Å². The van der Waals surface area contributed by atoms with Crippen molar-refractivity contribution in [3.05, 3.63) is 29.8 Å². The van der Waals surface area contributed by atoms with Gasteiger partial charge in [0.2, 0.25) is 0 Å². The van der Waals surface area contributed by atoms with Crippen LogP contribution in [0.4, 0.5) is 4.79 Å². The van der Waals surface area contributed by atoms with Gasteiger partial charge in [-0.1, -0.05) is 18.1 Å². The summed E-state index contributed by atoms with van der Waals surface area (Å²) in [6.45, 7) is 3.92. The molecule has 0 aliphatic heterocycles. The zero-order valence-electron chi connectivity index (χ0n) is 13.8. The van der Waals surface area contributed by atoms with Crippen LogP contribution in [-0.2, 0) is 14.3 Å². The van der Waals surface area contributed by atoms with E-state index in [0.29, 0.717) is 5.75 Å². The minimum atomic E-state index is -0.636. The van der Waals surface area contributed by atoms with Gasteiger partial charge in [0.1, 0.15) is 11.8 Å². The molecular formula is C17H21NO5. The number of hydrogen-bond acceptors (Lipinski definition) is 5. The predicted octanol–water partition coefficient (Wildman–Crippen LogP) is 2.39. The number of carbonyl (C=O) groups is 2. The lowest BCUT2D eigenvalue weighted by Crippen LogP contribution is -2.31. The summed E-state index contributed by atoms with van der Waals surface area (Å²) >= 11 is 0. The Balaban J connectivity index is 3.08. The molecule has 6 nitrogen and oxygen atoms in total. The molecule has 0 bridgehead atoms. The Morgan fingerprint density at radius 3 is 2.26 bits per heavy atom. The highest BCUT2D eigenvalue weighted by Gasteiger charge is 2.21. The van der Waals surface area contributed by atoms with Crippen LogP contribution in [0.5, 0.6) is 5.75 Å². The molecule has 1 aromatic carbocycles. The maximum Gasteiger partial charge on any atom is 0.410 e. The first-order chi connectivity index (χ1) is 11.0. The van der Waals surface area contributed by atoms with E-state index < -0.39 is 18.1 Å². The van der Waals surface area contributed by atoms with Crippen molar-refractivity contribution in [3.63, 3.8) is 0 Å². The highest BCUT2D eigenvalue weighted by atomic mass is 16.6. The maximum atomic E-state index is 11.9. The molecule has 1 unspecified atom stereocenters. The van der Waals surface area contributed by atoms with Crippen molar-refractivity contribution >= 4 is 12.1 Å². The second-order valence-corrected chi connectivity index (χ2v) is 4.48. The number of ether oxygens (including phenoxy) is 3. The third-order valence-corrected chi connectivity index (χ3v) is 2.96. The fraction of sp³-hybridized carbons (Fsp3) is 0.412. The average molecular weight is 319 g/mol. The molecule has 0 aliphatic rings. The summed E-state index contributed by atoms with van der Waals surface area (Å²) in [4.78, 5) is 24.7. The van der Waals surface area contributed by atoms with Crippen LogP contribution >= 0.6 is 0 Å². The van der Waals surface area contributed by atoms with Crippen LogP contribution in [0.3, 0.4) is 0 Å². The lowest BCUT2D eigenvalue weighted by atomic mass is 10.1. The van der Waals surface area contributed by atoms with E-state index in [2.05, 4.69) is 11.8 Å². The minimum Gasteiger partial charge on any atom is -0.497 e. The molecule has 1 amide bonds. The van der Waals surface area contributed by atoms with Gasteiger partial charge < -0.3 is 14.2 Å². The van der Waals surface area contributed by atoms with E-state index in [1.807, 2.05) is 0 Å². The molecule has 0 fully saturated rings.